The van der Waals surface area contributed by atoms with Crippen LogP contribution in [0.25, 0.3) is 10.8 Å². The van der Waals surface area contributed by atoms with Gasteiger partial charge in [0.15, 0.2) is 0 Å². The lowest BCUT2D eigenvalue weighted by atomic mass is 9.89. The lowest BCUT2D eigenvalue weighted by Gasteiger charge is -2.29. The van der Waals surface area contributed by atoms with E-state index in [1.165, 1.54) is 0 Å². The van der Waals surface area contributed by atoms with Crippen molar-refractivity contribution in [2.24, 2.45) is 0 Å². The zero-order valence-electron chi connectivity index (χ0n) is 16.6. The van der Waals surface area contributed by atoms with Gasteiger partial charge in [0.25, 0.3) is 0 Å². The van der Waals surface area contributed by atoms with Crippen molar-refractivity contribution in [1.29, 1.82) is 0 Å². The lowest BCUT2D eigenvalue weighted by molar-refractivity contribution is -0.137. The first-order valence-electron chi connectivity index (χ1n) is 9.93. The van der Waals surface area contributed by atoms with Crippen molar-refractivity contribution in [2.45, 2.75) is 43.9 Å². The van der Waals surface area contributed by atoms with Crippen LogP contribution in [0.15, 0.2) is 72.8 Å². The number of hydrogen-bond acceptors (Lipinski definition) is 2. The number of carbonyl (C=O) groups is 1. The number of aliphatic carboxylic acids is 1. The molecule has 3 aromatic carbocycles. The van der Waals surface area contributed by atoms with E-state index in [2.05, 4.69) is 6.07 Å². The first kappa shape index (κ1) is 21.3. The molecule has 0 aliphatic heterocycles. The fraction of sp³-hybridized carbons (Fsp3) is 0.292. The van der Waals surface area contributed by atoms with E-state index in [-0.39, 0.29) is 18.5 Å². The smallest absolute Gasteiger partial charge is 0.303 e. The maximum absolute atomic E-state index is 13.3. The van der Waals surface area contributed by atoms with Gasteiger partial charge in [0.2, 0.25) is 7.37 Å². The first-order chi connectivity index (χ1) is 13.9. The largest absolute Gasteiger partial charge is 0.481 e. The third-order valence-electron chi connectivity index (χ3n) is 5.58. The second-order valence-electron chi connectivity index (χ2n) is 7.64. The maximum atomic E-state index is 13.3. The minimum atomic E-state index is -3.50. The highest BCUT2D eigenvalue weighted by molar-refractivity contribution is 7.58. The van der Waals surface area contributed by atoms with E-state index in [1.54, 1.807) is 0 Å². The molecule has 0 radical (unpaired) electrons. The molecule has 3 aromatic rings. The molecule has 29 heavy (non-hydrogen) atoms. The van der Waals surface area contributed by atoms with E-state index in [9.17, 15) is 14.3 Å². The maximum Gasteiger partial charge on any atom is 0.303 e. The average Bonchev–Trinajstić information content (AvgIpc) is 2.70. The van der Waals surface area contributed by atoms with Gasteiger partial charge in [-0.2, -0.15) is 0 Å². The van der Waals surface area contributed by atoms with E-state index < -0.39 is 19.0 Å². The second kappa shape index (κ2) is 9.39. The number of rotatable bonds is 9. The molecule has 0 spiro atoms. The predicted octanol–water partition coefficient (Wildman–Crippen LogP) is 6.04. The third kappa shape index (κ3) is 5.56. The molecule has 0 heterocycles. The Morgan fingerprint density at radius 3 is 2.31 bits per heavy atom. The number of hydrogen-bond donors (Lipinski definition) is 2. The molecule has 0 fully saturated rings. The van der Waals surface area contributed by atoms with Gasteiger partial charge < -0.3 is 10.00 Å². The molecule has 2 N–H and O–H groups in total. The van der Waals surface area contributed by atoms with Crippen LogP contribution >= 0.6 is 7.37 Å². The minimum absolute atomic E-state index is 0.0607. The molecule has 5 heteroatoms. The zero-order valence-corrected chi connectivity index (χ0v) is 17.5. The lowest BCUT2D eigenvalue weighted by Crippen LogP contribution is -2.18. The second-order valence-corrected chi connectivity index (χ2v) is 10.3. The quantitative estimate of drug-likeness (QED) is 0.422. The highest BCUT2D eigenvalue weighted by Gasteiger charge is 2.34. The summed E-state index contributed by atoms with van der Waals surface area (Å²) in [6.07, 6.45) is 1.22. The van der Waals surface area contributed by atoms with Gasteiger partial charge in [0.05, 0.1) is 0 Å². The summed E-state index contributed by atoms with van der Waals surface area (Å²) >= 11 is 0. The van der Waals surface area contributed by atoms with Crippen molar-refractivity contribution in [3.8, 4) is 0 Å². The van der Waals surface area contributed by atoms with Gasteiger partial charge in [0.1, 0.15) is 0 Å². The summed E-state index contributed by atoms with van der Waals surface area (Å²) in [4.78, 5) is 21.9. The van der Waals surface area contributed by atoms with Crippen molar-refractivity contribution < 1.29 is 19.4 Å². The molecule has 0 aliphatic rings. The molecule has 0 aromatic heterocycles. The summed E-state index contributed by atoms with van der Waals surface area (Å²) in [6, 6.07) is 23.5. The molecule has 0 amide bonds. The third-order valence-corrected chi connectivity index (χ3v) is 8.03. The van der Waals surface area contributed by atoms with Gasteiger partial charge in [-0.3, -0.25) is 9.36 Å². The van der Waals surface area contributed by atoms with Crippen LogP contribution in [0, 0.1) is 0 Å². The molecule has 152 valence electrons. The minimum Gasteiger partial charge on any atom is -0.481 e. The average molecular weight is 410 g/mol. The SMILES string of the molecule is CC(C(CCCC(=O)O)c1ccc2ccccc2c1)P(=O)(O)Cc1ccccc1. The van der Waals surface area contributed by atoms with E-state index >= 15 is 0 Å². The summed E-state index contributed by atoms with van der Waals surface area (Å²) in [5.74, 6) is -1.02. The van der Waals surface area contributed by atoms with Crippen molar-refractivity contribution in [2.75, 3.05) is 0 Å². The molecule has 0 saturated heterocycles. The number of carboxylic acid groups (broad SMARTS) is 1. The first-order valence-corrected chi connectivity index (χ1v) is 11.8. The fourth-order valence-electron chi connectivity index (χ4n) is 3.87. The molecule has 0 saturated carbocycles. The van der Waals surface area contributed by atoms with Gasteiger partial charge in [0, 0.05) is 18.2 Å². The molecule has 3 rings (SSSR count). The Kier molecular flexibility index (Phi) is 6.89. The summed E-state index contributed by atoms with van der Waals surface area (Å²) in [5.41, 5.74) is 1.36. The van der Waals surface area contributed by atoms with Gasteiger partial charge >= 0.3 is 5.97 Å². The molecule has 0 bridgehead atoms. The van der Waals surface area contributed by atoms with E-state index in [0.717, 1.165) is 21.9 Å². The Bertz CT molecular complexity index is 1020. The Labute approximate surface area is 171 Å². The number of fused-ring (bicyclic) bond motifs is 1. The summed E-state index contributed by atoms with van der Waals surface area (Å²) in [6.45, 7) is 1.82. The molecular formula is C24H27O4P. The predicted molar refractivity (Wildman–Crippen MR) is 118 cm³/mol. The summed E-state index contributed by atoms with van der Waals surface area (Å²) < 4.78 is 13.3. The fourth-order valence-corrected chi connectivity index (χ4v) is 5.77. The molecule has 3 unspecified atom stereocenters. The van der Waals surface area contributed by atoms with Crippen molar-refractivity contribution in [1.82, 2.24) is 0 Å². The monoisotopic (exact) mass is 410 g/mol. The van der Waals surface area contributed by atoms with Gasteiger partial charge in [-0.05, 0) is 40.7 Å². The van der Waals surface area contributed by atoms with E-state index in [4.69, 9.17) is 5.11 Å². The zero-order chi connectivity index (χ0) is 20.9. The van der Waals surface area contributed by atoms with Crippen molar-refractivity contribution in [3.63, 3.8) is 0 Å². The number of benzene rings is 3. The van der Waals surface area contributed by atoms with Crippen LogP contribution in [0.4, 0.5) is 0 Å². The molecular weight excluding hydrogens is 383 g/mol. The summed E-state index contributed by atoms with van der Waals surface area (Å²) in [5, 5.41) is 11.2. The summed E-state index contributed by atoms with van der Waals surface area (Å²) in [7, 11) is -3.50. The van der Waals surface area contributed by atoms with Gasteiger partial charge in [-0.25, -0.2) is 0 Å². The van der Waals surface area contributed by atoms with Crippen LogP contribution in [0.2, 0.25) is 0 Å². The van der Waals surface area contributed by atoms with Crippen LogP contribution in [0.5, 0.6) is 0 Å². The van der Waals surface area contributed by atoms with Crippen molar-refractivity contribution >= 4 is 24.1 Å². The highest BCUT2D eigenvalue weighted by atomic mass is 31.2. The van der Waals surface area contributed by atoms with Gasteiger partial charge in [-0.1, -0.05) is 79.7 Å². The van der Waals surface area contributed by atoms with E-state index in [0.29, 0.717) is 12.8 Å². The standard InChI is InChI=1S/C24H27O4P/c1-18(29(27,28)17-19-8-3-2-4-9-19)23(12-7-13-24(25)26)22-15-14-20-10-5-6-11-21(20)16-22/h2-6,8-11,14-16,18,23H,7,12-13,17H2,1H3,(H,25,26)(H,27,28). The van der Waals surface area contributed by atoms with Crippen LogP contribution in [-0.2, 0) is 15.5 Å². The Morgan fingerprint density at radius 2 is 1.62 bits per heavy atom. The highest BCUT2D eigenvalue weighted by Crippen LogP contribution is 2.55. The van der Waals surface area contributed by atoms with Gasteiger partial charge in [-0.15, -0.1) is 0 Å². The molecule has 3 atom stereocenters. The normalized spacial score (nSPS) is 15.5. The molecule has 4 nitrogen and oxygen atoms in total. The van der Waals surface area contributed by atoms with E-state index in [1.807, 2.05) is 73.7 Å². The molecule has 0 aliphatic carbocycles. The van der Waals surface area contributed by atoms with Crippen LogP contribution in [0.3, 0.4) is 0 Å². The Balaban J connectivity index is 1.90. The Morgan fingerprint density at radius 1 is 0.966 bits per heavy atom. The Hall–Kier alpha value is -2.42. The van der Waals surface area contributed by atoms with Crippen LogP contribution < -0.4 is 0 Å². The van der Waals surface area contributed by atoms with Crippen molar-refractivity contribution in [3.05, 3.63) is 83.9 Å². The number of carboxylic acids is 1. The van der Waals surface area contributed by atoms with Crippen LogP contribution in [-0.4, -0.2) is 21.6 Å². The topological polar surface area (TPSA) is 74.6 Å². The van der Waals surface area contributed by atoms with Crippen LogP contribution in [0.1, 0.15) is 43.2 Å².